The summed E-state index contributed by atoms with van der Waals surface area (Å²) in [6.45, 7) is 1.62. The molecule has 0 spiro atoms. The van der Waals surface area contributed by atoms with Gasteiger partial charge < -0.3 is 10.6 Å². The molecule has 1 saturated heterocycles. The maximum atomic E-state index is 12.7. The summed E-state index contributed by atoms with van der Waals surface area (Å²) < 4.78 is 26.8. The number of hydrogen-bond acceptors (Lipinski definition) is 6. The van der Waals surface area contributed by atoms with Gasteiger partial charge in [0.25, 0.3) is 0 Å². The van der Waals surface area contributed by atoms with E-state index in [0.717, 1.165) is 0 Å². The highest BCUT2D eigenvalue weighted by Gasteiger charge is 2.29. The van der Waals surface area contributed by atoms with Crippen molar-refractivity contribution in [1.82, 2.24) is 14.3 Å². The molecule has 0 unspecified atom stereocenters. The average molecular weight is 388 g/mol. The number of hydrogen-bond donors (Lipinski definition) is 1. The Hall–Kier alpha value is -1.61. The lowest BCUT2D eigenvalue weighted by Gasteiger charge is -2.34. The van der Waals surface area contributed by atoms with Gasteiger partial charge in [0.1, 0.15) is 11.0 Å². The third-order valence-corrected chi connectivity index (χ3v) is 6.02. The predicted molar refractivity (Wildman–Crippen MR) is 93.9 cm³/mol. The summed E-state index contributed by atoms with van der Waals surface area (Å²) in [7, 11) is -3.57. The van der Waals surface area contributed by atoms with Crippen molar-refractivity contribution in [1.29, 1.82) is 0 Å². The molecule has 0 radical (unpaired) electrons. The standard InChI is InChI=1S/C14H15Cl2N5O2S/c15-10-2-1-3-11(8-10)24(22,23)21-6-4-20(5-7-21)13-9-12(16)18-14(17)19-13/h1-3,8-9H,4-7H2,(H2,17,18,19). The van der Waals surface area contributed by atoms with Gasteiger partial charge in [-0.15, -0.1) is 0 Å². The molecule has 0 atom stereocenters. The molecule has 0 bridgehead atoms. The fourth-order valence-corrected chi connectivity index (χ4v) is 4.43. The van der Waals surface area contributed by atoms with Crippen LogP contribution in [0.25, 0.3) is 0 Å². The van der Waals surface area contributed by atoms with E-state index in [1.807, 2.05) is 4.90 Å². The number of rotatable bonds is 3. The number of nitrogens with two attached hydrogens (primary N) is 1. The van der Waals surface area contributed by atoms with Crippen molar-refractivity contribution in [3.05, 3.63) is 40.5 Å². The van der Waals surface area contributed by atoms with Gasteiger partial charge in [-0.05, 0) is 18.2 Å². The maximum absolute atomic E-state index is 12.7. The van der Waals surface area contributed by atoms with Gasteiger partial charge in [-0.2, -0.15) is 9.29 Å². The van der Waals surface area contributed by atoms with Crippen molar-refractivity contribution < 1.29 is 8.42 Å². The molecule has 1 fully saturated rings. The molecule has 0 aliphatic carbocycles. The highest BCUT2D eigenvalue weighted by Crippen LogP contribution is 2.23. The Bertz CT molecular complexity index is 834. The number of benzene rings is 1. The summed E-state index contributed by atoms with van der Waals surface area (Å²) in [6.07, 6.45) is 0. The zero-order valence-corrected chi connectivity index (χ0v) is 14.9. The number of halogens is 2. The van der Waals surface area contributed by atoms with Gasteiger partial charge in [0, 0.05) is 37.3 Å². The fourth-order valence-electron chi connectivity index (χ4n) is 2.52. The lowest BCUT2D eigenvalue weighted by molar-refractivity contribution is 0.384. The van der Waals surface area contributed by atoms with E-state index in [-0.39, 0.29) is 16.0 Å². The Labute approximate surface area is 150 Å². The summed E-state index contributed by atoms with van der Waals surface area (Å²) >= 11 is 11.8. The first-order valence-corrected chi connectivity index (χ1v) is 9.36. The zero-order chi connectivity index (χ0) is 17.3. The summed E-state index contributed by atoms with van der Waals surface area (Å²) in [4.78, 5) is 10.1. The van der Waals surface area contributed by atoms with Crippen LogP contribution in [-0.2, 0) is 10.0 Å². The van der Waals surface area contributed by atoms with Crippen LogP contribution in [0.5, 0.6) is 0 Å². The monoisotopic (exact) mass is 387 g/mol. The second-order valence-corrected chi connectivity index (χ2v) is 8.02. The molecule has 1 aliphatic heterocycles. The van der Waals surface area contributed by atoms with Gasteiger partial charge in [0.05, 0.1) is 4.90 Å². The number of nitrogen functional groups attached to an aromatic ring is 1. The van der Waals surface area contributed by atoms with E-state index < -0.39 is 10.0 Å². The molecule has 2 heterocycles. The molecule has 2 N–H and O–H groups in total. The average Bonchev–Trinajstić information content (AvgIpc) is 2.54. The molecular formula is C14H15Cl2N5O2S. The summed E-state index contributed by atoms with van der Waals surface area (Å²) in [6, 6.07) is 7.87. The highest BCUT2D eigenvalue weighted by molar-refractivity contribution is 7.89. The topological polar surface area (TPSA) is 92.4 Å². The van der Waals surface area contributed by atoms with Gasteiger partial charge in [0.15, 0.2) is 0 Å². The van der Waals surface area contributed by atoms with Gasteiger partial charge in [-0.3, -0.25) is 0 Å². The lowest BCUT2D eigenvalue weighted by Crippen LogP contribution is -2.49. The van der Waals surface area contributed by atoms with Crippen molar-refractivity contribution in [2.75, 3.05) is 36.8 Å². The van der Waals surface area contributed by atoms with Crippen LogP contribution < -0.4 is 10.6 Å². The van der Waals surface area contributed by atoms with Crippen molar-refractivity contribution in [2.45, 2.75) is 4.90 Å². The van der Waals surface area contributed by atoms with Crippen molar-refractivity contribution in [3.8, 4) is 0 Å². The van der Waals surface area contributed by atoms with Crippen LogP contribution in [0.2, 0.25) is 10.2 Å². The summed E-state index contributed by atoms with van der Waals surface area (Å²) in [5.74, 6) is 0.679. The second kappa shape index (κ2) is 6.72. The molecule has 1 aliphatic rings. The van der Waals surface area contributed by atoms with Crippen LogP contribution >= 0.6 is 23.2 Å². The first-order valence-electron chi connectivity index (χ1n) is 7.17. The summed E-state index contributed by atoms with van der Waals surface area (Å²) in [5, 5.41) is 0.646. The molecule has 1 aromatic heterocycles. The minimum absolute atomic E-state index is 0.0893. The van der Waals surface area contributed by atoms with Crippen LogP contribution in [0.15, 0.2) is 35.2 Å². The largest absolute Gasteiger partial charge is 0.368 e. The summed E-state index contributed by atoms with van der Waals surface area (Å²) in [5.41, 5.74) is 5.60. The van der Waals surface area contributed by atoms with E-state index in [1.165, 1.54) is 10.4 Å². The SMILES string of the molecule is Nc1nc(Cl)cc(N2CCN(S(=O)(=O)c3cccc(Cl)c3)CC2)n1. The van der Waals surface area contributed by atoms with Crippen molar-refractivity contribution in [3.63, 3.8) is 0 Å². The smallest absolute Gasteiger partial charge is 0.243 e. The molecule has 1 aromatic carbocycles. The van der Waals surface area contributed by atoms with Crippen LogP contribution in [0.4, 0.5) is 11.8 Å². The van der Waals surface area contributed by atoms with E-state index >= 15 is 0 Å². The molecule has 128 valence electrons. The Morgan fingerprint density at radius 2 is 1.75 bits per heavy atom. The van der Waals surface area contributed by atoms with Crippen molar-refractivity contribution >= 4 is 45.0 Å². The van der Waals surface area contributed by atoms with E-state index in [1.54, 1.807) is 24.3 Å². The molecule has 0 amide bonds. The van der Waals surface area contributed by atoms with Gasteiger partial charge >= 0.3 is 0 Å². The lowest BCUT2D eigenvalue weighted by atomic mass is 10.3. The zero-order valence-electron chi connectivity index (χ0n) is 12.6. The number of nitrogens with zero attached hydrogens (tertiary/aromatic N) is 4. The number of aromatic nitrogens is 2. The Morgan fingerprint density at radius 1 is 1.04 bits per heavy atom. The highest BCUT2D eigenvalue weighted by atomic mass is 35.5. The minimum Gasteiger partial charge on any atom is -0.368 e. The van der Waals surface area contributed by atoms with Crippen LogP contribution in [0.3, 0.4) is 0 Å². The molecule has 0 saturated carbocycles. The van der Waals surface area contributed by atoms with Crippen LogP contribution in [0, 0.1) is 0 Å². The molecule has 7 nitrogen and oxygen atoms in total. The minimum atomic E-state index is -3.57. The fraction of sp³-hybridized carbons (Fsp3) is 0.286. The van der Waals surface area contributed by atoms with Gasteiger partial charge in [-0.1, -0.05) is 29.3 Å². The van der Waals surface area contributed by atoms with E-state index in [2.05, 4.69) is 9.97 Å². The molecule has 10 heteroatoms. The normalized spacial score (nSPS) is 16.3. The first-order chi connectivity index (χ1) is 11.4. The number of anilines is 2. The molecule has 3 rings (SSSR count). The van der Waals surface area contributed by atoms with E-state index in [4.69, 9.17) is 28.9 Å². The Kier molecular flexibility index (Phi) is 4.82. The Morgan fingerprint density at radius 3 is 2.38 bits per heavy atom. The third-order valence-electron chi connectivity index (χ3n) is 3.70. The molecular weight excluding hydrogens is 373 g/mol. The Balaban J connectivity index is 1.75. The number of piperazine rings is 1. The van der Waals surface area contributed by atoms with Crippen molar-refractivity contribution in [2.24, 2.45) is 0 Å². The van der Waals surface area contributed by atoms with Crippen LogP contribution in [-0.4, -0.2) is 48.9 Å². The quantitative estimate of drug-likeness (QED) is 0.808. The third kappa shape index (κ3) is 3.56. The van der Waals surface area contributed by atoms with Gasteiger partial charge in [0.2, 0.25) is 16.0 Å². The van der Waals surface area contributed by atoms with E-state index in [9.17, 15) is 8.42 Å². The van der Waals surface area contributed by atoms with Crippen LogP contribution in [0.1, 0.15) is 0 Å². The second-order valence-electron chi connectivity index (χ2n) is 5.26. The van der Waals surface area contributed by atoms with Gasteiger partial charge in [-0.25, -0.2) is 13.4 Å². The molecule has 2 aromatic rings. The predicted octanol–water partition coefficient (Wildman–Crippen LogP) is 1.88. The van der Waals surface area contributed by atoms with E-state index in [0.29, 0.717) is 37.0 Å². The maximum Gasteiger partial charge on any atom is 0.243 e. The first kappa shape index (κ1) is 17.2. The number of sulfonamides is 1. The molecule has 24 heavy (non-hydrogen) atoms.